The summed E-state index contributed by atoms with van der Waals surface area (Å²) in [6, 6.07) is 11.0. The minimum atomic E-state index is 0.177. The lowest BCUT2D eigenvalue weighted by Gasteiger charge is -2.36. The highest BCUT2D eigenvalue weighted by Gasteiger charge is 2.38. The quantitative estimate of drug-likeness (QED) is 0.896. The van der Waals surface area contributed by atoms with E-state index in [9.17, 15) is 4.79 Å². The maximum atomic E-state index is 12.7. The van der Waals surface area contributed by atoms with Crippen LogP contribution in [0.3, 0.4) is 0 Å². The summed E-state index contributed by atoms with van der Waals surface area (Å²) in [6.45, 7) is 3.41. The highest BCUT2D eigenvalue weighted by molar-refractivity contribution is 5.79. The van der Waals surface area contributed by atoms with Crippen LogP contribution < -0.4 is 10.2 Å². The SMILES string of the molecule is O=C(Cc1ccccc1)N1CCc2nc(N3C4CCC3CNC4)ncc2C1. The van der Waals surface area contributed by atoms with Gasteiger partial charge in [0.25, 0.3) is 0 Å². The first kappa shape index (κ1) is 16.7. The molecule has 2 saturated heterocycles. The number of rotatable bonds is 3. The van der Waals surface area contributed by atoms with E-state index in [1.54, 1.807) is 0 Å². The third-order valence-electron chi connectivity index (χ3n) is 6.08. The van der Waals surface area contributed by atoms with Gasteiger partial charge in [0.2, 0.25) is 11.9 Å². The Morgan fingerprint density at radius 2 is 1.93 bits per heavy atom. The number of carbonyl (C=O) groups excluding carboxylic acids is 1. The lowest BCUT2D eigenvalue weighted by atomic mass is 10.1. The first-order valence-corrected chi connectivity index (χ1v) is 9.93. The van der Waals surface area contributed by atoms with Gasteiger partial charge in [0.15, 0.2) is 0 Å². The summed E-state index contributed by atoms with van der Waals surface area (Å²) in [7, 11) is 0. The highest BCUT2D eigenvalue weighted by Crippen LogP contribution is 2.31. The Morgan fingerprint density at radius 1 is 1.15 bits per heavy atom. The molecule has 3 aliphatic rings. The number of carbonyl (C=O) groups is 1. The molecule has 3 aliphatic heterocycles. The Morgan fingerprint density at radius 3 is 2.70 bits per heavy atom. The van der Waals surface area contributed by atoms with E-state index < -0.39 is 0 Å². The molecular weight excluding hydrogens is 338 g/mol. The molecule has 1 N–H and O–H groups in total. The van der Waals surface area contributed by atoms with Crippen molar-refractivity contribution in [1.82, 2.24) is 20.2 Å². The second-order valence-corrected chi connectivity index (χ2v) is 7.82. The Labute approximate surface area is 159 Å². The highest BCUT2D eigenvalue weighted by atomic mass is 16.2. The van der Waals surface area contributed by atoms with Crippen LogP contribution in [-0.4, -0.2) is 52.5 Å². The minimum Gasteiger partial charge on any atom is -0.338 e. The van der Waals surface area contributed by atoms with Crippen molar-refractivity contribution >= 4 is 11.9 Å². The Kier molecular flexibility index (Phi) is 4.28. The van der Waals surface area contributed by atoms with E-state index >= 15 is 0 Å². The summed E-state index contributed by atoms with van der Waals surface area (Å²) in [6.07, 6.45) is 5.66. The fraction of sp³-hybridized carbons (Fsp3) is 0.476. The molecule has 2 fully saturated rings. The molecule has 0 spiro atoms. The van der Waals surface area contributed by atoms with Crippen molar-refractivity contribution < 1.29 is 4.79 Å². The fourth-order valence-corrected chi connectivity index (χ4v) is 4.63. The number of fused-ring (bicyclic) bond motifs is 3. The molecule has 5 rings (SSSR count). The lowest BCUT2D eigenvalue weighted by molar-refractivity contribution is -0.131. The van der Waals surface area contributed by atoms with E-state index in [-0.39, 0.29) is 5.91 Å². The van der Waals surface area contributed by atoms with Crippen LogP contribution in [0.15, 0.2) is 36.5 Å². The molecule has 1 amide bonds. The number of benzene rings is 1. The van der Waals surface area contributed by atoms with Gasteiger partial charge < -0.3 is 15.1 Å². The van der Waals surface area contributed by atoms with Crippen LogP contribution in [0.2, 0.25) is 0 Å². The molecule has 0 radical (unpaired) electrons. The molecule has 2 unspecified atom stereocenters. The molecule has 2 atom stereocenters. The van der Waals surface area contributed by atoms with Crippen molar-refractivity contribution in [2.75, 3.05) is 24.5 Å². The van der Waals surface area contributed by atoms with Crippen LogP contribution in [-0.2, 0) is 24.2 Å². The smallest absolute Gasteiger partial charge is 0.227 e. The van der Waals surface area contributed by atoms with Gasteiger partial charge in [-0.15, -0.1) is 0 Å². The maximum Gasteiger partial charge on any atom is 0.227 e. The third kappa shape index (κ3) is 3.18. The topological polar surface area (TPSA) is 61.4 Å². The molecule has 140 valence electrons. The van der Waals surface area contributed by atoms with Gasteiger partial charge in [-0.25, -0.2) is 9.97 Å². The molecule has 2 aromatic rings. The molecule has 1 aromatic heterocycles. The lowest BCUT2D eigenvalue weighted by Crippen LogP contribution is -2.52. The first-order valence-electron chi connectivity index (χ1n) is 9.93. The zero-order valence-electron chi connectivity index (χ0n) is 15.5. The van der Waals surface area contributed by atoms with Gasteiger partial charge >= 0.3 is 0 Å². The summed E-state index contributed by atoms with van der Waals surface area (Å²) < 4.78 is 0. The van der Waals surface area contributed by atoms with Crippen LogP contribution in [0.5, 0.6) is 0 Å². The first-order chi connectivity index (χ1) is 13.3. The van der Waals surface area contributed by atoms with Crippen molar-refractivity contribution in [3.8, 4) is 0 Å². The molecule has 0 aliphatic carbocycles. The number of aromatic nitrogens is 2. The molecule has 6 heteroatoms. The molecule has 0 saturated carbocycles. The second-order valence-electron chi connectivity index (χ2n) is 7.82. The summed E-state index contributed by atoms with van der Waals surface area (Å²) >= 11 is 0. The zero-order chi connectivity index (χ0) is 18.2. The van der Waals surface area contributed by atoms with Gasteiger partial charge in [-0.2, -0.15) is 0 Å². The predicted octanol–water partition coefficient (Wildman–Crippen LogP) is 1.54. The minimum absolute atomic E-state index is 0.177. The summed E-state index contributed by atoms with van der Waals surface area (Å²) in [5.74, 6) is 1.06. The van der Waals surface area contributed by atoms with Crippen LogP contribution in [0, 0.1) is 0 Å². The number of anilines is 1. The van der Waals surface area contributed by atoms with E-state index in [2.05, 4.69) is 15.2 Å². The molecule has 6 nitrogen and oxygen atoms in total. The normalized spacial score (nSPS) is 24.0. The van der Waals surface area contributed by atoms with Crippen molar-refractivity contribution in [2.24, 2.45) is 0 Å². The van der Waals surface area contributed by atoms with Crippen LogP contribution in [0.4, 0.5) is 5.95 Å². The number of piperazine rings is 1. The molecular formula is C21H25N5O. The number of hydrogen-bond acceptors (Lipinski definition) is 5. The van der Waals surface area contributed by atoms with E-state index in [0.29, 0.717) is 25.0 Å². The van der Waals surface area contributed by atoms with Gasteiger partial charge in [-0.1, -0.05) is 30.3 Å². The standard InChI is InChI=1S/C21H25N5O/c27-20(10-15-4-2-1-3-5-15)25-9-8-19-16(14-25)11-23-21(24-19)26-17-6-7-18(26)13-22-12-17/h1-5,11,17-18,22H,6-10,12-14H2. The molecule has 1 aromatic carbocycles. The molecule has 4 heterocycles. The Bertz CT molecular complexity index is 824. The van der Waals surface area contributed by atoms with E-state index in [4.69, 9.17) is 4.98 Å². The van der Waals surface area contributed by atoms with E-state index in [1.807, 2.05) is 41.4 Å². The van der Waals surface area contributed by atoms with Crippen LogP contribution in [0.25, 0.3) is 0 Å². The number of amides is 1. The van der Waals surface area contributed by atoms with Gasteiger partial charge in [-0.3, -0.25) is 4.79 Å². The largest absolute Gasteiger partial charge is 0.338 e. The van der Waals surface area contributed by atoms with Crippen LogP contribution >= 0.6 is 0 Å². The molecule has 27 heavy (non-hydrogen) atoms. The number of nitrogens with one attached hydrogen (secondary N) is 1. The van der Waals surface area contributed by atoms with Gasteiger partial charge in [0.05, 0.1) is 12.1 Å². The number of hydrogen-bond donors (Lipinski definition) is 1. The summed E-state index contributed by atoms with van der Waals surface area (Å²) in [4.78, 5) is 26.6. The van der Waals surface area contributed by atoms with E-state index in [1.165, 1.54) is 12.8 Å². The monoisotopic (exact) mass is 363 g/mol. The third-order valence-corrected chi connectivity index (χ3v) is 6.08. The van der Waals surface area contributed by atoms with Crippen molar-refractivity contribution in [3.63, 3.8) is 0 Å². The van der Waals surface area contributed by atoms with Crippen molar-refractivity contribution in [3.05, 3.63) is 53.3 Å². The average molecular weight is 363 g/mol. The Balaban J connectivity index is 1.30. The van der Waals surface area contributed by atoms with Gasteiger partial charge in [-0.05, 0) is 18.4 Å². The van der Waals surface area contributed by atoms with Gasteiger partial charge in [0.1, 0.15) is 0 Å². The van der Waals surface area contributed by atoms with E-state index in [0.717, 1.165) is 48.8 Å². The summed E-state index contributed by atoms with van der Waals surface area (Å²) in [5.41, 5.74) is 3.27. The van der Waals surface area contributed by atoms with Gasteiger partial charge in [0, 0.05) is 56.4 Å². The van der Waals surface area contributed by atoms with Crippen molar-refractivity contribution in [1.29, 1.82) is 0 Å². The predicted molar refractivity (Wildman–Crippen MR) is 103 cm³/mol. The summed E-state index contributed by atoms with van der Waals surface area (Å²) in [5, 5.41) is 3.51. The maximum absolute atomic E-state index is 12.7. The zero-order valence-corrected chi connectivity index (χ0v) is 15.5. The number of nitrogens with zero attached hydrogens (tertiary/aromatic N) is 4. The fourth-order valence-electron chi connectivity index (χ4n) is 4.63. The molecule has 2 bridgehead atoms. The van der Waals surface area contributed by atoms with Crippen LogP contribution in [0.1, 0.15) is 29.7 Å². The Hall–Kier alpha value is -2.47. The second kappa shape index (κ2) is 6.93. The van der Waals surface area contributed by atoms with Crippen molar-refractivity contribution in [2.45, 2.75) is 44.3 Å². The average Bonchev–Trinajstić information content (AvgIpc) is 2.96.